The molecule has 32 heavy (non-hydrogen) atoms. The number of aromatic nitrogens is 1. The van der Waals surface area contributed by atoms with Gasteiger partial charge in [-0.25, -0.2) is 13.6 Å². The average Bonchev–Trinajstić information content (AvgIpc) is 3.04. The lowest BCUT2D eigenvalue weighted by Crippen LogP contribution is -2.22. The van der Waals surface area contributed by atoms with Crippen molar-refractivity contribution in [2.24, 2.45) is 11.1 Å². The third kappa shape index (κ3) is 5.14. The van der Waals surface area contributed by atoms with Crippen molar-refractivity contribution >= 4 is 10.0 Å². The summed E-state index contributed by atoms with van der Waals surface area (Å²) in [5.74, 6) is 0.551. The first-order chi connectivity index (χ1) is 14.6. The van der Waals surface area contributed by atoms with Crippen LogP contribution in [0.1, 0.15) is 103 Å². The molecule has 0 bridgehead atoms. The van der Waals surface area contributed by atoms with Crippen LogP contribution < -0.4 is 5.14 Å². The van der Waals surface area contributed by atoms with Crippen molar-refractivity contribution < 1.29 is 8.42 Å². The Morgan fingerprint density at radius 2 is 1.41 bits per heavy atom. The molecule has 0 radical (unpaired) electrons. The van der Waals surface area contributed by atoms with Gasteiger partial charge >= 0.3 is 0 Å². The van der Waals surface area contributed by atoms with E-state index in [-0.39, 0.29) is 21.8 Å². The molecule has 1 heterocycles. The maximum absolute atomic E-state index is 12.5. The van der Waals surface area contributed by atoms with Crippen molar-refractivity contribution in [3.63, 3.8) is 0 Å². The molecule has 1 aliphatic rings. The average molecular weight is 459 g/mol. The minimum absolute atomic E-state index is 0.0137. The predicted molar refractivity (Wildman–Crippen MR) is 135 cm³/mol. The van der Waals surface area contributed by atoms with Crippen LogP contribution in [-0.2, 0) is 20.9 Å². The van der Waals surface area contributed by atoms with E-state index in [1.54, 1.807) is 6.07 Å². The molecule has 2 aromatic rings. The van der Waals surface area contributed by atoms with Gasteiger partial charge in [0.05, 0.1) is 0 Å². The number of nitrogens with two attached hydrogens (primary N) is 1. The van der Waals surface area contributed by atoms with E-state index in [2.05, 4.69) is 71.2 Å². The number of hydrogen-bond acceptors (Lipinski definition) is 2. The molecule has 0 amide bonds. The van der Waals surface area contributed by atoms with E-state index in [0.717, 1.165) is 17.0 Å². The molecule has 1 saturated carbocycles. The Balaban J connectivity index is 2.29. The van der Waals surface area contributed by atoms with E-state index in [4.69, 9.17) is 5.14 Å². The largest absolute Gasteiger partial charge is 0.340 e. The molecule has 1 atom stereocenters. The highest BCUT2D eigenvalue weighted by atomic mass is 32.2. The van der Waals surface area contributed by atoms with Gasteiger partial charge in [-0.2, -0.15) is 0 Å². The molecule has 1 aliphatic carbocycles. The highest BCUT2D eigenvalue weighted by Crippen LogP contribution is 2.41. The fourth-order valence-corrected chi connectivity index (χ4v) is 5.89. The zero-order valence-electron chi connectivity index (χ0n) is 21.2. The fourth-order valence-electron chi connectivity index (χ4n) is 5.10. The van der Waals surface area contributed by atoms with Gasteiger partial charge in [-0.15, -0.1) is 0 Å². The lowest BCUT2D eigenvalue weighted by atomic mass is 9.79. The van der Waals surface area contributed by atoms with Crippen LogP contribution in [0.5, 0.6) is 0 Å². The minimum Gasteiger partial charge on any atom is -0.340 e. The van der Waals surface area contributed by atoms with Crippen molar-refractivity contribution in [3.05, 3.63) is 41.1 Å². The minimum atomic E-state index is -3.81. The van der Waals surface area contributed by atoms with Crippen molar-refractivity contribution in [1.82, 2.24) is 4.57 Å². The van der Waals surface area contributed by atoms with Crippen molar-refractivity contribution in [2.75, 3.05) is 0 Å². The first-order valence-corrected chi connectivity index (χ1v) is 13.6. The van der Waals surface area contributed by atoms with Gasteiger partial charge in [-0.1, -0.05) is 66.9 Å². The Bertz CT molecular complexity index is 1040. The molecule has 5 heteroatoms. The lowest BCUT2D eigenvalue weighted by molar-refractivity contribution is 0.263. The Labute approximate surface area is 195 Å². The first kappa shape index (κ1) is 25.0. The number of benzene rings is 1. The Hall–Kier alpha value is -1.59. The van der Waals surface area contributed by atoms with Crippen LogP contribution in [0.25, 0.3) is 11.3 Å². The van der Waals surface area contributed by atoms with Crippen LogP contribution in [0, 0.1) is 12.8 Å². The molecule has 1 fully saturated rings. The van der Waals surface area contributed by atoms with Gasteiger partial charge in [0.25, 0.3) is 0 Å². The van der Waals surface area contributed by atoms with Gasteiger partial charge in [0, 0.05) is 17.4 Å². The molecule has 178 valence electrons. The fraction of sp³-hybridized carbons (Fsp3) is 0.630. The second kappa shape index (κ2) is 8.64. The summed E-state index contributed by atoms with van der Waals surface area (Å²) in [5.41, 5.74) is 5.27. The summed E-state index contributed by atoms with van der Waals surface area (Å²) in [6.45, 7) is 17.5. The van der Waals surface area contributed by atoms with Gasteiger partial charge in [-0.05, 0) is 78.3 Å². The molecule has 0 aliphatic heterocycles. The van der Waals surface area contributed by atoms with E-state index >= 15 is 0 Å². The third-order valence-corrected chi connectivity index (χ3v) is 8.28. The molecule has 4 nitrogen and oxygen atoms in total. The summed E-state index contributed by atoms with van der Waals surface area (Å²) in [4.78, 5) is 0.244. The van der Waals surface area contributed by atoms with Gasteiger partial charge in [0.2, 0.25) is 10.0 Å². The lowest BCUT2D eigenvalue weighted by Gasteiger charge is -2.32. The molecule has 1 aromatic heterocycles. The molecule has 0 spiro atoms. The number of primary sulfonamides is 1. The third-order valence-electron chi connectivity index (χ3n) is 7.25. The number of rotatable bonds is 4. The standard InChI is InChI=1S/C27H42N2O2S/c1-18(20-12-10-9-11-13-20)29-19(2)25(32(28,30)31)17-24(29)21-14-22(26(3,4)5)16-23(15-21)27(6,7)8/h14-18,20H,9-13H2,1-8H3,(H2,28,30,31). The zero-order chi connectivity index (χ0) is 24.1. The van der Waals surface area contributed by atoms with Gasteiger partial charge < -0.3 is 4.57 Å². The molecular formula is C27H42N2O2S. The predicted octanol–water partition coefficient (Wildman–Crippen LogP) is 6.85. The van der Waals surface area contributed by atoms with Crippen LogP contribution in [0.15, 0.2) is 29.2 Å². The van der Waals surface area contributed by atoms with E-state index in [1.807, 2.05) is 6.92 Å². The first-order valence-electron chi connectivity index (χ1n) is 12.0. The number of sulfonamides is 1. The monoisotopic (exact) mass is 458 g/mol. The van der Waals surface area contributed by atoms with E-state index < -0.39 is 10.0 Å². The Kier molecular flexibility index (Phi) is 6.76. The Morgan fingerprint density at radius 1 is 0.906 bits per heavy atom. The normalized spacial score (nSPS) is 17.5. The molecule has 0 saturated heterocycles. The van der Waals surface area contributed by atoms with Crippen LogP contribution in [0.4, 0.5) is 0 Å². The van der Waals surface area contributed by atoms with Crippen LogP contribution in [0.3, 0.4) is 0 Å². The van der Waals surface area contributed by atoms with E-state index in [0.29, 0.717) is 5.92 Å². The van der Waals surface area contributed by atoms with Crippen LogP contribution in [0.2, 0.25) is 0 Å². The summed E-state index contributed by atoms with van der Waals surface area (Å²) in [7, 11) is -3.81. The summed E-state index contributed by atoms with van der Waals surface area (Å²) in [5, 5.41) is 5.65. The van der Waals surface area contributed by atoms with Crippen LogP contribution in [-0.4, -0.2) is 13.0 Å². The summed E-state index contributed by atoms with van der Waals surface area (Å²) >= 11 is 0. The van der Waals surface area contributed by atoms with Crippen LogP contribution >= 0.6 is 0 Å². The highest BCUT2D eigenvalue weighted by molar-refractivity contribution is 7.89. The van der Waals surface area contributed by atoms with E-state index in [1.165, 1.54) is 43.2 Å². The van der Waals surface area contributed by atoms with Gasteiger partial charge in [0.15, 0.2) is 0 Å². The van der Waals surface area contributed by atoms with Crippen molar-refractivity contribution in [1.29, 1.82) is 0 Å². The summed E-state index contributed by atoms with van der Waals surface area (Å²) in [6.07, 6.45) is 6.18. The topological polar surface area (TPSA) is 65.1 Å². The molecule has 1 aromatic carbocycles. The van der Waals surface area contributed by atoms with Crippen molar-refractivity contribution in [2.45, 2.75) is 109 Å². The molecule has 3 rings (SSSR count). The van der Waals surface area contributed by atoms with Gasteiger partial charge in [-0.3, -0.25) is 0 Å². The molecule has 1 unspecified atom stereocenters. The zero-order valence-corrected chi connectivity index (χ0v) is 22.1. The Morgan fingerprint density at radius 3 is 1.84 bits per heavy atom. The SMILES string of the molecule is Cc1c(S(N)(=O)=O)cc(-c2cc(C(C)(C)C)cc(C(C)(C)C)c2)n1C(C)C1CCCCC1. The summed E-state index contributed by atoms with van der Waals surface area (Å²) < 4.78 is 27.2. The molecular weight excluding hydrogens is 416 g/mol. The second-order valence-electron chi connectivity index (χ2n) is 11.8. The maximum atomic E-state index is 12.5. The number of nitrogens with zero attached hydrogens (tertiary/aromatic N) is 1. The smallest absolute Gasteiger partial charge is 0.239 e. The van der Waals surface area contributed by atoms with Gasteiger partial charge in [0.1, 0.15) is 4.90 Å². The van der Waals surface area contributed by atoms with Crippen molar-refractivity contribution in [3.8, 4) is 11.3 Å². The van der Waals surface area contributed by atoms with E-state index in [9.17, 15) is 8.42 Å². The quantitative estimate of drug-likeness (QED) is 0.544. The number of hydrogen-bond donors (Lipinski definition) is 1. The second-order valence-corrected chi connectivity index (χ2v) is 13.4. The summed E-state index contributed by atoms with van der Waals surface area (Å²) in [6, 6.07) is 8.80. The maximum Gasteiger partial charge on any atom is 0.239 e. The molecule has 2 N–H and O–H groups in total. The highest BCUT2D eigenvalue weighted by Gasteiger charge is 2.29.